The molecular formula is C16H19NO4. The van der Waals surface area contributed by atoms with E-state index >= 15 is 0 Å². The minimum absolute atomic E-state index is 0.000196. The van der Waals surface area contributed by atoms with Gasteiger partial charge in [0.2, 0.25) is 0 Å². The van der Waals surface area contributed by atoms with Crippen LogP contribution in [0.2, 0.25) is 0 Å². The molecule has 3 rings (SSSR count). The number of fused-ring (bicyclic) bond motifs is 1. The smallest absolute Gasteiger partial charge is 0.303 e. The molecule has 1 aromatic rings. The Hall–Kier alpha value is -2.04. The molecule has 5 heteroatoms. The summed E-state index contributed by atoms with van der Waals surface area (Å²) in [5.41, 5.74) is 1.76. The predicted molar refractivity (Wildman–Crippen MR) is 76.5 cm³/mol. The van der Waals surface area contributed by atoms with Gasteiger partial charge >= 0.3 is 5.97 Å². The fourth-order valence-electron chi connectivity index (χ4n) is 3.17. The molecule has 0 radical (unpaired) electrons. The van der Waals surface area contributed by atoms with Gasteiger partial charge in [-0.05, 0) is 42.5 Å². The van der Waals surface area contributed by atoms with Crippen LogP contribution in [-0.2, 0) is 11.2 Å². The summed E-state index contributed by atoms with van der Waals surface area (Å²) < 4.78 is 5.45. The molecule has 1 aromatic carbocycles. The Morgan fingerprint density at radius 2 is 2.24 bits per heavy atom. The molecule has 0 saturated carbocycles. The van der Waals surface area contributed by atoms with Crippen molar-refractivity contribution in [2.75, 3.05) is 19.7 Å². The zero-order valence-corrected chi connectivity index (χ0v) is 11.9. The third kappa shape index (κ3) is 3.01. The number of likely N-dealkylation sites (tertiary alicyclic amines) is 1. The van der Waals surface area contributed by atoms with Crippen molar-refractivity contribution in [3.63, 3.8) is 0 Å². The maximum atomic E-state index is 12.6. The number of benzene rings is 1. The Morgan fingerprint density at radius 1 is 1.38 bits per heavy atom. The summed E-state index contributed by atoms with van der Waals surface area (Å²) in [4.78, 5) is 25.2. The summed E-state index contributed by atoms with van der Waals surface area (Å²) in [6.07, 6.45) is 2.74. The monoisotopic (exact) mass is 289 g/mol. The van der Waals surface area contributed by atoms with Crippen molar-refractivity contribution in [1.29, 1.82) is 0 Å². The molecule has 0 bridgehead atoms. The van der Waals surface area contributed by atoms with Crippen LogP contribution in [0.1, 0.15) is 35.2 Å². The highest BCUT2D eigenvalue weighted by Gasteiger charge is 2.26. The molecule has 1 amide bonds. The highest BCUT2D eigenvalue weighted by molar-refractivity contribution is 5.94. The van der Waals surface area contributed by atoms with E-state index in [2.05, 4.69) is 0 Å². The summed E-state index contributed by atoms with van der Waals surface area (Å²) >= 11 is 0. The molecular weight excluding hydrogens is 270 g/mol. The summed E-state index contributed by atoms with van der Waals surface area (Å²) in [5.74, 6) is 0.149. The molecule has 2 aliphatic rings. The van der Waals surface area contributed by atoms with Crippen LogP contribution in [0.5, 0.6) is 5.75 Å². The lowest BCUT2D eigenvalue weighted by Crippen LogP contribution is -2.40. The van der Waals surface area contributed by atoms with Crippen LogP contribution in [-0.4, -0.2) is 41.6 Å². The number of hydrogen-bond donors (Lipinski definition) is 1. The van der Waals surface area contributed by atoms with Crippen molar-refractivity contribution < 1.29 is 19.4 Å². The van der Waals surface area contributed by atoms with Gasteiger partial charge in [-0.1, -0.05) is 0 Å². The van der Waals surface area contributed by atoms with Crippen LogP contribution >= 0.6 is 0 Å². The van der Waals surface area contributed by atoms with E-state index in [0.717, 1.165) is 30.6 Å². The van der Waals surface area contributed by atoms with Crippen LogP contribution in [0.4, 0.5) is 0 Å². The van der Waals surface area contributed by atoms with E-state index in [9.17, 15) is 9.59 Å². The maximum Gasteiger partial charge on any atom is 0.303 e. The number of carboxylic acid groups (broad SMARTS) is 1. The number of hydrogen-bond acceptors (Lipinski definition) is 3. The molecule has 1 atom stereocenters. The molecule has 112 valence electrons. The molecule has 0 aliphatic carbocycles. The second-order valence-corrected chi connectivity index (χ2v) is 5.78. The van der Waals surface area contributed by atoms with Crippen molar-refractivity contribution in [2.45, 2.75) is 25.7 Å². The van der Waals surface area contributed by atoms with Gasteiger partial charge in [0.1, 0.15) is 5.75 Å². The average Bonchev–Trinajstić information content (AvgIpc) is 2.93. The minimum atomic E-state index is -0.788. The first-order chi connectivity index (χ1) is 10.1. The van der Waals surface area contributed by atoms with Gasteiger partial charge in [-0.2, -0.15) is 0 Å². The van der Waals surface area contributed by atoms with E-state index in [1.54, 1.807) is 11.0 Å². The third-order valence-corrected chi connectivity index (χ3v) is 4.21. The SMILES string of the molecule is O=C(O)CC1CCCN(C(=O)c2ccc3c(c2)CCO3)C1. The minimum Gasteiger partial charge on any atom is -0.493 e. The Labute approximate surface area is 123 Å². The molecule has 21 heavy (non-hydrogen) atoms. The van der Waals surface area contributed by atoms with Gasteiger partial charge in [0, 0.05) is 31.5 Å². The number of carbonyl (C=O) groups is 2. The number of nitrogens with zero attached hydrogens (tertiary/aromatic N) is 1. The molecule has 1 fully saturated rings. The second kappa shape index (κ2) is 5.76. The summed E-state index contributed by atoms with van der Waals surface area (Å²) in [6, 6.07) is 5.56. The Kier molecular flexibility index (Phi) is 3.82. The van der Waals surface area contributed by atoms with E-state index in [1.807, 2.05) is 12.1 Å². The van der Waals surface area contributed by atoms with Crippen molar-refractivity contribution >= 4 is 11.9 Å². The highest BCUT2D eigenvalue weighted by Crippen LogP contribution is 2.27. The summed E-state index contributed by atoms with van der Waals surface area (Å²) in [5, 5.41) is 8.90. The van der Waals surface area contributed by atoms with E-state index in [1.165, 1.54) is 0 Å². The normalized spacial score (nSPS) is 20.8. The fraction of sp³-hybridized carbons (Fsp3) is 0.500. The van der Waals surface area contributed by atoms with Gasteiger partial charge in [-0.25, -0.2) is 0 Å². The number of ether oxygens (including phenoxy) is 1. The largest absolute Gasteiger partial charge is 0.493 e. The molecule has 2 heterocycles. The lowest BCUT2D eigenvalue weighted by atomic mass is 9.94. The van der Waals surface area contributed by atoms with Crippen LogP contribution in [0, 0.1) is 5.92 Å². The zero-order valence-electron chi connectivity index (χ0n) is 11.9. The lowest BCUT2D eigenvalue weighted by Gasteiger charge is -2.32. The zero-order chi connectivity index (χ0) is 14.8. The number of aliphatic carboxylic acids is 1. The van der Waals surface area contributed by atoms with Crippen molar-refractivity contribution in [1.82, 2.24) is 4.90 Å². The van der Waals surface area contributed by atoms with Gasteiger partial charge < -0.3 is 14.7 Å². The highest BCUT2D eigenvalue weighted by atomic mass is 16.5. The van der Waals surface area contributed by atoms with Gasteiger partial charge in [0.15, 0.2) is 0 Å². The quantitative estimate of drug-likeness (QED) is 0.923. The van der Waals surface area contributed by atoms with E-state index in [-0.39, 0.29) is 18.2 Å². The number of rotatable bonds is 3. The first kappa shape index (κ1) is 13.9. The van der Waals surface area contributed by atoms with Crippen molar-refractivity contribution in [3.8, 4) is 5.75 Å². The van der Waals surface area contributed by atoms with E-state index in [0.29, 0.717) is 25.3 Å². The van der Waals surface area contributed by atoms with Crippen LogP contribution in [0.3, 0.4) is 0 Å². The first-order valence-electron chi connectivity index (χ1n) is 7.40. The molecule has 0 spiro atoms. The Bertz CT molecular complexity index is 569. The Balaban J connectivity index is 1.71. The summed E-state index contributed by atoms with van der Waals surface area (Å²) in [6.45, 7) is 1.93. The molecule has 0 aromatic heterocycles. The third-order valence-electron chi connectivity index (χ3n) is 4.21. The van der Waals surface area contributed by atoms with Crippen molar-refractivity contribution in [2.24, 2.45) is 5.92 Å². The van der Waals surface area contributed by atoms with E-state index < -0.39 is 5.97 Å². The number of piperidine rings is 1. The van der Waals surface area contributed by atoms with Gasteiger partial charge in [0.05, 0.1) is 6.61 Å². The number of amides is 1. The molecule has 1 unspecified atom stereocenters. The van der Waals surface area contributed by atoms with Crippen LogP contribution in [0.15, 0.2) is 18.2 Å². The lowest BCUT2D eigenvalue weighted by molar-refractivity contribution is -0.138. The topological polar surface area (TPSA) is 66.8 Å². The summed E-state index contributed by atoms with van der Waals surface area (Å²) in [7, 11) is 0. The fourth-order valence-corrected chi connectivity index (χ4v) is 3.17. The first-order valence-corrected chi connectivity index (χ1v) is 7.40. The van der Waals surface area contributed by atoms with Gasteiger partial charge in [-0.3, -0.25) is 9.59 Å². The van der Waals surface area contributed by atoms with Crippen molar-refractivity contribution in [3.05, 3.63) is 29.3 Å². The average molecular weight is 289 g/mol. The predicted octanol–water partition coefficient (Wildman–Crippen LogP) is 1.95. The standard InChI is InChI=1S/C16H19NO4/c18-15(19)8-11-2-1-6-17(10-11)16(20)13-3-4-14-12(9-13)5-7-21-14/h3-4,9,11H,1-2,5-8,10H2,(H,18,19). The van der Waals surface area contributed by atoms with E-state index in [4.69, 9.17) is 9.84 Å². The molecule has 2 aliphatic heterocycles. The second-order valence-electron chi connectivity index (χ2n) is 5.78. The van der Waals surface area contributed by atoms with Crippen LogP contribution in [0.25, 0.3) is 0 Å². The molecule has 1 saturated heterocycles. The van der Waals surface area contributed by atoms with Gasteiger partial charge in [0.25, 0.3) is 5.91 Å². The molecule has 1 N–H and O–H groups in total. The number of carbonyl (C=O) groups excluding carboxylic acids is 1. The number of carboxylic acids is 1. The maximum absolute atomic E-state index is 12.6. The van der Waals surface area contributed by atoms with Crippen LogP contribution < -0.4 is 4.74 Å². The van der Waals surface area contributed by atoms with Gasteiger partial charge in [-0.15, -0.1) is 0 Å². The molecule has 5 nitrogen and oxygen atoms in total. The Morgan fingerprint density at radius 3 is 3.05 bits per heavy atom.